The van der Waals surface area contributed by atoms with E-state index in [0.29, 0.717) is 46.0 Å². The van der Waals surface area contributed by atoms with Gasteiger partial charge in [0.2, 0.25) is 0 Å². The van der Waals surface area contributed by atoms with Crippen LogP contribution in [0.5, 0.6) is 17.5 Å². The summed E-state index contributed by atoms with van der Waals surface area (Å²) >= 11 is 0. The first-order valence-electron chi connectivity index (χ1n) is 13.0. The lowest BCUT2D eigenvalue weighted by Crippen LogP contribution is -2.54. The van der Waals surface area contributed by atoms with Gasteiger partial charge in [0, 0.05) is 60.9 Å². The van der Waals surface area contributed by atoms with Crippen molar-refractivity contribution in [2.75, 3.05) is 30.4 Å². The van der Waals surface area contributed by atoms with Crippen molar-refractivity contribution in [2.24, 2.45) is 0 Å². The molecule has 6 rings (SSSR count). The van der Waals surface area contributed by atoms with Crippen LogP contribution in [0.15, 0.2) is 55.5 Å². The van der Waals surface area contributed by atoms with Gasteiger partial charge in [0.1, 0.15) is 6.33 Å². The number of piperazine rings is 1. The van der Waals surface area contributed by atoms with E-state index in [4.69, 9.17) is 9.47 Å². The molecule has 5 aromatic rings. The van der Waals surface area contributed by atoms with Crippen molar-refractivity contribution in [3.63, 3.8) is 0 Å². The smallest absolute Gasteiger partial charge is 0.316 e. The number of carbonyl (C=O) groups excluding carboxylic acids is 1. The Balaban J connectivity index is 1.37. The van der Waals surface area contributed by atoms with Crippen molar-refractivity contribution >= 4 is 33.8 Å². The lowest BCUT2D eigenvalue weighted by atomic mass is 10.0. The number of methoxy groups -OCH3 is 1. The molecule has 1 aromatic carbocycles. The number of nitrogens with one attached hydrogen (secondary N) is 2. The predicted molar refractivity (Wildman–Crippen MR) is 150 cm³/mol. The number of carbonyl (C=O) groups is 1. The molecule has 40 heavy (non-hydrogen) atoms. The summed E-state index contributed by atoms with van der Waals surface area (Å²) in [6.45, 7) is 7.87. The number of fused-ring (bicyclic) bond motifs is 2. The number of hydrogen-bond acceptors (Lipinski definition) is 10. The molecule has 0 aliphatic carbocycles. The van der Waals surface area contributed by atoms with E-state index >= 15 is 0 Å². The number of aromatic nitrogens is 6. The Morgan fingerprint density at radius 2 is 1.85 bits per heavy atom. The van der Waals surface area contributed by atoms with E-state index in [0.717, 1.165) is 29.9 Å². The Morgan fingerprint density at radius 3 is 2.60 bits per heavy atom. The number of pyridine rings is 1. The van der Waals surface area contributed by atoms with Gasteiger partial charge >= 0.3 is 6.01 Å². The second-order valence-electron chi connectivity index (χ2n) is 9.96. The number of anilines is 2. The zero-order chi connectivity index (χ0) is 27.8. The third-order valence-corrected chi connectivity index (χ3v) is 6.69. The van der Waals surface area contributed by atoms with Crippen molar-refractivity contribution in [3.05, 3.63) is 66.8 Å². The molecular weight excluding hydrogens is 510 g/mol. The van der Waals surface area contributed by atoms with Gasteiger partial charge in [0.15, 0.2) is 17.1 Å². The fourth-order valence-electron chi connectivity index (χ4n) is 5.17. The van der Waals surface area contributed by atoms with E-state index in [-0.39, 0.29) is 11.9 Å². The SMILES string of the molecule is COc1ncc2c(N3C[C@H](C)N[C@@H](C)C3)ccc(C(=O)Nc3cc(Oc4cncnc4)c4nc(C)cn4c3)c2n1. The molecule has 0 saturated carbocycles. The minimum Gasteiger partial charge on any atom is -0.467 e. The standard InChI is InChI=1S/C28H29N9O3/c1-16-11-36(12-17(2)32-16)23-6-5-21(25-22(23)10-31-28(35-25)39-4)27(38)34-19-7-24(40-20-8-29-15-30-9-20)26-33-18(3)13-37(26)14-19/h5-10,13-17,32H,11-12H2,1-4H3,(H,34,38)/t16-,17-/m0/s1. The summed E-state index contributed by atoms with van der Waals surface area (Å²) in [5.41, 5.74) is 3.82. The molecule has 1 aliphatic heterocycles. The molecule has 1 amide bonds. The molecule has 12 nitrogen and oxygen atoms in total. The van der Waals surface area contributed by atoms with Crippen molar-refractivity contribution in [2.45, 2.75) is 32.9 Å². The number of imidazole rings is 1. The molecule has 12 heteroatoms. The molecule has 1 saturated heterocycles. The van der Waals surface area contributed by atoms with Gasteiger partial charge in [-0.05, 0) is 32.9 Å². The van der Waals surface area contributed by atoms with E-state index in [1.807, 2.05) is 23.6 Å². The van der Waals surface area contributed by atoms with E-state index < -0.39 is 0 Å². The first kappa shape index (κ1) is 25.4. The second kappa shape index (κ2) is 10.4. The summed E-state index contributed by atoms with van der Waals surface area (Å²) in [4.78, 5) is 37.5. The summed E-state index contributed by atoms with van der Waals surface area (Å²) in [7, 11) is 1.51. The maximum absolute atomic E-state index is 13.7. The number of ether oxygens (including phenoxy) is 2. The molecule has 0 spiro atoms. The van der Waals surface area contributed by atoms with Crippen molar-refractivity contribution < 1.29 is 14.3 Å². The van der Waals surface area contributed by atoms with Crippen LogP contribution in [0.25, 0.3) is 16.6 Å². The highest BCUT2D eigenvalue weighted by atomic mass is 16.5. The van der Waals surface area contributed by atoms with Gasteiger partial charge in [-0.3, -0.25) is 4.79 Å². The van der Waals surface area contributed by atoms with Gasteiger partial charge in [0.05, 0.1) is 42.0 Å². The topological polar surface area (TPSA) is 132 Å². The fraction of sp³-hybridized carbons (Fsp3) is 0.286. The van der Waals surface area contributed by atoms with E-state index in [1.165, 1.54) is 13.4 Å². The van der Waals surface area contributed by atoms with Crippen molar-refractivity contribution in [3.8, 4) is 17.5 Å². The molecule has 4 aromatic heterocycles. The van der Waals surface area contributed by atoms with Gasteiger partial charge in [-0.1, -0.05) is 0 Å². The van der Waals surface area contributed by atoms with Crippen LogP contribution >= 0.6 is 0 Å². The van der Waals surface area contributed by atoms with Crippen LogP contribution < -0.4 is 25.0 Å². The van der Waals surface area contributed by atoms with Gasteiger partial charge in [-0.15, -0.1) is 0 Å². The Morgan fingerprint density at radius 1 is 1.07 bits per heavy atom. The summed E-state index contributed by atoms with van der Waals surface area (Å²) in [5, 5.41) is 7.34. The quantitative estimate of drug-likeness (QED) is 0.330. The number of hydrogen-bond donors (Lipinski definition) is 2. The average Bonchev–Trinajstić information content (AvgIpc) is 3.32. The summed E-state index contributed by atoms with van der Waals surface area (Å²) in [6, 6.07) is 6.32. The van der Waals surface area contributed by atoms with Crippen LogP contribution in [0, 0.1) is 6.92 Å². The minimum absolute atomic E-state index is 0.192. The molecule has 1 aliphatic rings. The monoisotopic (exact) mass is 539 g/mol. The molecular formula is C28H29N9O3. The first-order chi connectivity index (χ1) is 19.4. The molecule has 0 unspecified atom stereocenters. The van der Waals surface area contributed by atoms with Crippen LogP contribution in [0.1, 0.15) is 29.9 Å². The predicted octanol–water partition coefficient (Wildman–Crippen LogP) is 3.62. The van der Waals surface area contributed by atoms with Crippen LogP contribution in [-0.4, -0.2) is 67.5 Å². The molecule has 2 N–H and O–H groups in total. The highest BCUT2D eigenvalue weighted by Crippen LogP contribution is 2.32. The minimum atomic E-state index is -0.329. The molecule has 0 radical (unpaired) electrons. The summed E-state index contributed by atoms with van der Waals surface area (Å²) in [5.74, 6) is 0.576. The maximum atomic E-state index is 13.7. The Labute approximate surface area is 230 Å². The highest BCUT2D eigenvalue weighted by molar-refractivity contribution is 6.14. The first-order valence-corrected chi connectivity index (χ1v) is 13.0. The summed E-state index contributed by atoms with van der Waals surface area (Å²) < 4.78 is 13.1. The van der Waals surface area contributed by atoms with E-state index in [1.54, 1.807) is 36.9 Å². The number of rotatable bonds is 6. The Hall–Kier alpha value is -4.84. The van der Waals surface area contributed by atoms with Gasteiger partial charge < -0.3 is 29.4 Å². The van der Waals surface area contributed by atoms with E-state index in [9.17, 15) is 4.79 Å². The molecule has 204 valence electrons. The lowest BCUT2D eigenvalue weighted by Gasteiger charge is -2.38. The highest BCUT2D eigenvalue weighted by Gasteiger charge is 2.25. The largest absolute Gasteiger partial charge is 0.467 e. The lowest BCUT2D eigenvalue weighted by molar-refractivity contribution is 0.102. The number of benzene rings is 1. The normalized spacial score (nSPS) is 17.2. The van der Waals surface area contributed by atoms with Gasteiger partial charge in [0.25, 0.3) is 5.91 Å². The second-order valence-corrected chi connectivity index (χ2v) is 9.96. The van der Waals surface area contributed by atoms with Crippen LogP contribution in [-0.2, 0) is 0 Å². The van der Waals surface area contributed by atoms with Crippen LogP contribution in [0.3, 0.4) is 0 Å². The van der Waals surface area contributed by atoms with E-state index in [2.05, 4.69) is 54.3 Å². The Bertz CT molecular complexity index is 1700. The number of aryl methyl sites for hydroxylation is 1. The average molecular weight is 540 g/mol. The third-order valence-electron chi connectivity index (χ3n) is 6.69. The van der Waals surface area contributed by atoms with Crippen LogP contribution in [0.4, 0.5) is 11.4 Å². The Kier molecular flexibility index (Phi) is 6.60. The third kappa shape index (κ3) is 4.96. The fourth-order valence-corrected chi connectivity index (χ4v) is 5.17. The molecule has 5 heterocycles. The van der Waals surface area contributed by atoms with Crippen molar-refractivity contribution in [1.82, 2.24) is 34.6 Å². The number of nitrogens with zero attached hydrogens (tertiary/aromatic N) is 7. The molecule has 1 fully saturated rings. The zero-order valence-electron chi connectivity index (χ0n) is 22.6. The van der Waals surface area contributed by atoms with Crippen LogP contribution in [0.2, 0.25) is 0 Å². The van der Waals surface area contributed by atoms with Gasteiger partial charge in [-0.25, -0.2) is 19.9 Å². The van der Waals surface area contributed by atoms with Crippen molar-refractivity contribution in [1.29, 1.82) is 0 Å². The summed E-state index contributed by atoms with van der Waals surface area (Å²) in [6.07, 6.45) is 9.92. The maximum Gasteiger partial charge on any atom is 0.316 e. The molecule has 0 bridgehead atoms. The van der Waals surface area contributed by atoms with Gasteiger partial charge in [-0.2, -0.15) is 4.98 Å². The zero-order valence-corrected chi connectivity index (χ0v) is 22.6. The number of amides is 1. The molecule has 2 atom stereocenters.